The van der Waals surface area contributed by atoms with Gasteiger partial charge in [0, 0.05) is 26.9 Å². The van der Waals surface area contributed by atoms with Crippen LogP contribution in [0.5, 0.6) is 0 Å². The van der Waals surface area contributed by atoms with Crippen molar-refractivity contribution in [3.8, 4) is 0 Å². The molecule has 2 aromatic heterocycles. The van der Waals surface area contributed by atoms with Gasteiger partial charge in [0.2, 0.25) is 5.78 Å². The number of pyridine rings is 1. The summed E-state index contributed by atoms with van der Waals surface area (Å²) in [6.45, 7) is 0. The van der Waals surface area contributed by atoms with Gasteiger partial charge >= 0.3 is 5.97 Å². The largest absolute Gasteiger partial charge is 0.469 e. The number of nitrogens with one attached hydrogen (secondary N) is 2. The molecule has 0 aliphatic carbocycles. The average Bonchev–Trinajstić information content (AvgIpc) is 3.04. The number of carbonyl (C=O) groups excluding carboxylic acids is 2. The first kappa shape index (κ1) is 18.0. The van der Waals surface area contributed by atoms with E-state index < -0.39 is 11.8 Å². The number of hydrogen-bond acceptors (Lipinski definition) is 4. The fraction of sp³-hybridized carbons (Fsp3) is 0.0952. The average molecular weight is 395 g/mol. The first-order valence-corrected chi connectivity index (χ1v) is 8.89. The Morgan fingerprint density at radius 3 is 2.61 bits per heavy atom. The monoisotopic (exact) mass is 394 g/mol. The van der Waals surface area contributed by atoms with Crippen molar-refractivity contribution < 1.29 is 14.3 Å². The molecule has 0 atom stereocenters. The Kier molecular flexibility index (Phi) is 4.49. The van der Waals surface area contributed by atoms with Crippen molar-refractivity contribution in [1.29, 1.82) is 0 Å². The van der Waals surface area contributed by atoms with Gasteiger partial charge in [-0.3, -0.25) is 14.4 Å². The molecule has 0 amide bonds. The zero-order valence-corrected chi connectivity index (χ0v) is 15.6. The zero-order chi connectivity index (χ0) is 19.8. The van der Waals surface area contributed by atoms with Gasteiger partial charge in [0.15, 0.2) is 0 Å². The van der Waals surface area contributed by atoms with Gasteiger partial charge in [0.25, 0.3) is 5.56 Å². The molecule has 4 aromatic rings. The molecule has 0 spiro atoms. The molecule has 0 aliphatic heterocycles. The maximum absolute atomic E-state index is 13.2. The highest BCUT2D eigenvalue weighted by atomic mass is 35.5. The lowest BCUT2D eigenvalue weighted by molar-refractivity contribution is -0.139. The van der Waals surface area contributed by atoms with E-state index >= 15 is 0 Å². The van der Waals surface area contributed by atoms with Crippen LogP contribution in [0.15, 0.2) is 53.3 Å². The standard InChI is InChI=1S/C21H15ClN2O4/c1-28-18(25)10-15-14-7-6-12(22)9-16(14)23-19(15)20(26)17-8-11-4-2-3-5-13(11)21(27)24-17/h2-9,23H,10H2,1H3,(H,24,27). The van der Waals surface area contributed by atoms with Crippen LogP contribution < -0.4 is 5.56 Å². The highest BCUT2D eigenvalue weighted by molar-refractivity contribution is 6.31. The maximum Gasteiger partial charge on any atom is 0.310 e. The first-order chi connectivity index (χ1) is 13.5. The van der Waals surface area contributed by atoms with Gasteiger partial charge in [-0.1, -0.05) is 35.9 Å². The first-order valence-electron chi connectivity index (χ1n) is 8.51. The number of benzene rings is 2. The van der Waals surface area contributed by atoms with E-state index in [1.54, 1.807) is 48.5 Å². The number of carbonyl (C=O) groups is 2. The van der Waals surface area contributed by atoms with Gasteiger partial charge in [0.1, 0.15) is 0 Å². The van der Waals surface area contributed by atoms with E-state index in [0.717, 1.165) is 0 Å². The Balaban J connectivity index is 1.90. The Bertz CT molecular complexity index is 1300. The lowest BCUT2D eigenvalue weighted by Crippen LogP contribution is -2.16. The van der Waals surface area contributed by atoms with Crippen molar-refractivity contribution >= 4 is 45.0 Å². The highest BCUT2D eigenvalue weighted by Crippen LogP contribution is 2.27. The summed E-state index contributed by atoms with van der Waals surface area (Å²) in [5.74, 6) is -0.897. The van der Waals surface area contributed by atoms with Crippen molar-refractivity contribution in [2.24, 2.45) is 0 Å². The Hall–Kier alpha value is -3.38. The fourth-order valence-electron chi connectivity index (χ4n) is 3.29. The number of H-pyrrole nitrogens is 2. The molecule has 7 heteroatoms. The molecule has 4 rings (SSSR count). The van der Waals surface area contributed by atoms with Crippen molar-refractivity contribution in [2.75, 3.05) is 7.11 Å². The number of fused-ring (bicyclic) bond motifs is 2. The van der Waals surface area contributed by atoms with E-state index in [-0.39, 0.29) is 23.4 Å². The minimum absolute atomic E-state index is 0.0863. The quantitative estimate of drug-likeness (QED) is 0.408. The zero-order valence-electron chi connectivity index (χ0n) is 14.8. The fourth-order valence-corrected chi connectivity index (χ4v) is 3.46. The van der Waals surface area contributed by atoms with E-state index in [9.17, 15) is 14.4 Å². The van der Waals surface area contributed by atoms with Crippen LogP contribution in [-0.2, 0) is 16.0 Å². The van der Waals surface area contributed by atoms with Crippen LogP contribution in [-0.4, -0.2) is 28.8 Å². The topological polar surface area (TPSA) is 92.0 Å². The van der Waals surface area contributed by atoms with E-state index in [0.29, 0.717) is 32.3 Å². The lowest BCUT2D eigenvalue weighted by Gasteiger charge is -2.05. The smallest absolute Gasteiger partial charge is 0.310 e. The van der Waals surface area contributed by atoms with Crippen LogP contribution in [0.2, 0.25) is 5.02 Å². The molecule has 0 unspecified atom stereocenters. The van der Waals surface area contributed by atoms with Crippen LogP contribution in [0.1, 0.15) is 21.7 Å². The van der Waals surface area contributed by atoms with Crippen LogP contribution in [0.4, 0.5) is 0 Å². The maximum atomic E-state index is 13.2. The second-order valence-corrected chi connectivity index (χ2v) is 6.79. The van der Waals surface area contributed by atoms with E-state index in [4.69, 9.17) is 16.3 Å². The molecule has 0 radical (unpaired) electrons. The summed E-state index contributed by atoms with van der Waals surface area (Å²) < 4.78 is 4.77. The molecule has 0 saturated carbocycles. The number of aromatic amines is 2. The van der Waals surface area contributed by atoms with E-state index in [2.05, 4.69) is 9.97 Å². The highest BCUT2D eigenvalue weighted by Gasteiger charge is 2.22. The number of ether oxygens (including phenoxy) is 1. The predicted octanol–water partition coefficient (Wildman–Crippen LogP) is 3.61. The van der Waals surface area contributed by atoms with E-state index in [1.165, 1.54) is 7.11 Å². The normalized spacial score (nSPS) is 11.1. The molecule has 2 aromatic carbocycles. The second kappa shape index (κ2) is 6.98. The molecule has 140 valence electrons. The van der Waals surface area contributed by atoms with Crippen LogP contribution in [0.3, 0.4) is 0 Å². The SMILES string of the molecule is COC(=O)Cc1c(C(=O)c2cc3ccccc3c(=O)[nH]2)[nH]c2cc(Cl)ccc12. The number of esters is 1. The second-order valence-electron chi connectivity index (χ2n) is 6.35. The van der Waals surface area contributed by atoms with Crippen molar-refractivity contribution in [2.45, 2.75) is 6.42 Å². The molecular formula is C21H15ClN2O4. The van der Waals surface area contributed by atoms with Crippen LogP contribution in [0, 0.1) is 0 Å². The molecular weight excluding hydrogens is 380 g/mol. The van der Waals surface area contributed by atoms with Crippen LogP contribution in [0.25, 0.3) is 21.7 Å². The van der Waals surface area contributed by atoms with Gasteiger partial charge in [0.05, 0.1) is 24.9 Å². The van der Waals surface area contributed by atoms with Gasteiger partial charge in [-0.05, 0) is 29.7 Å². The van der Waals surface area contributed by atoms with Crippen molar-refractivity contribution in [1.82, 2.24) is 9.97 Å². The number of ketones is 1. The third-order valence-electron chi connectivity index (χ3n) is 4.64. The summed E-state index contributed by atoms with van der Waals surface area (Å²) in [7, 11) is 1.29. The molecule has 0 fully saturated rings. The lowest BCUT2D eigenvalue weighted by atomic mass is 10.0. The molecule has 2 N–H and O–H groups in total. The molecule has 6 nitrogen and oxygen atoms in total. The van der Waals surface area contributed by atoms with Gasteiger partial charge in [-0.2, -0.15) is 0 Å². The number of aromatic nitrogens is 2. The summed E-state index contributed by atoms with van der Waals surface area (Å²) in [5.41, 5.74) is 1.12. The summed E-state index contributed by atoms with van der Waals surface area (Å²) in [5, 5.41) is 2.35. The summed E-state index contributed by atoms with van der Waals surface area (Å²) in [4.78, 5) is 43.1. The summed E-state index contributed by atoms with van der Waals surface area (Å²) >= 11 is 6.05. The number of methoxy groups -OCH3 is 1. The Labute approximate surface area is 164 Å². The number of halogens is 1. The number of rotatable bonds is 4. The van der Waals surface area contributed by atoms with Crippen molar-refractivity contribution in [3.05, 3.63) is 80.9 Å². The van der Waals surface area contributed by atoms with Crippen LogP contribution >= 0.6 is 11.6 Å². The summed E-state index contributed by atoms with van der Waals surface area (Å²) in [6, 6.07) is 13.7. The summed E-state index contributed by atoms with van der Waals surface area (Å²) in [6.07, 6.45) is -0.0863. The molecule has 28 heavy (non-hydrogen) atoms. The third-order valence-corrected chi connectivity index (χ3v) is 4.88. The minimum Gasteiger partial charge on any atom is -0.469 e. The number of hydrogen-bond donors (Lipinski definition) is 2. The molecule has 0 bridgehead atoms. The van der Waals surface area contributed by atoms with Gasteiger partial charge in [-0.15, -0.1) is 0 Å². The van der Waals surface area contributed by atoms with E-state index in [1.807, 2.05) is 0 Å². The minimum atomic E-state index is -0.475. The van der Waals surface area contributed by atoms with Gasteiger partial charge in [-0.25, -0.2) is 0 Å². The third kappa shape index (κ3) is 3.08. The molecule has 0 aliphatic rings. The molecule has 2 heterocycles. The van der Waals surface area contributed by atoms with Crippen molar-refractivity contribution in [3.63, 3.8) is 0 Å². The Morgan fingerprint density at radius 2 is 1.82 bits per heavy atom. The molecule has 0 saturated heterocycles. The predicted molar refractivity (Wildman–Crippen MR) is 107 cm³/mol. The van der Waals surface area contributed by atoms with Gasteiger partial charge < -0.3 is 14.7 Å². The Morgan fingerprint density at radius 1 is 1.04 bits per heavy atom.